The maximum atomic E-state index is 13.0. The fraction of sp³-hybridized carbons (Fsp3) is 0.188. The van der Waals surface area contributed by atoms with Gasteiger partial charge in [-0.25, -0.2) is 4.39 Å². The molecule has 0 amide bonds. The van der Waals surface area contributed by atoms with Crippen molar-refractivity contribution in [3.8, 4) is 6.07 Å². The molecule has 96 valence electrons. The van der Waals surface area contributed by atoms with Crippen LogP contribution in [0.5, 0.6) is 0 Å². The molecule has 0 heterocycles. The molecule has 1 atom stereocenters. The summed E-state index contributed by atoms with van der Waals surface area (Å²) in [6, 6.07) is 18.5. The van der Waals surface area contributed by atoms with Crippen LogP contribution in [0.3, 0.4) is 0 Å². The minimum atomic E-state index is -0.251. The molecular weight excluding hydrogens is 239 g/mol. The molecule has 3 heteroatoms. The zero-order chi connectivity index (χ0) is 13.7. The molecule has 0 saturated heterocycles. The van der Waals surface area contributed by atoms with Crippen LogP contribution in [0.2, 0.25) is 0 Å². The predicted molar refractivity (Wildman–Crippen MR) is 72.9 cm³/mol. The summed E-state index contributed by atoms with van der Waals surface area (Å²) in [5.74, 6) is -0.251. The fourth-order valence-corrected chi connectivity index (χ4v) is 2.18. The first-order chi connectivity index (χ1) is 9.22. The van der Waals surface area contributed by atoms with Gasteiger partial charge in [0.05, 0.1) is 18.7 Å². The second-order valence-corrected chi connectivity index (χ2v) is 4.44. The second-order valence-electron chi connectivity index (χ2n) is 4.44. The monoisotopic (exact) mass is 254 g/mol. The lowest BCUT2D eigenvalue weighted by molar-refractivity contribution is 0.312. The van der Waals surface area contributed by atoms with Crippen LogP contribution in [0.25, 0.3) is 0 Å². The zero-order valence-corrected chi connectivity index (χ0v) is 10.8. The van der Waals surface area contributed by atoms with Crippen molar-refractivity contribution in [3.63, 3.8) is 0 Å². The minimum absolute atomic E-state index is 0.0403. The van der Waals surface area contributed by atoms with Gasteiger partial charge in [0.25, 0.3) is 0 Å². The van der Waals surface area contributed by atoms with E-state index < -0.39 is 0 Å². The van der Waals surface area contributed by atoms with Crippen molar-refractivity contribution in [1.82, 2.24) is 4.90 Å². The first-order valence-electron chi connectivity index (χ1n) is 6.10. The van der Waals surface area contributed by atoms with Gasteiger partial charge in [-0.1, -0.05) is 42.5 Å². The molecule has 0 radical (unpaired) electrons. The molecule has 0 fully saturated rings. The van der Waals surface area contributed by atoms with Crippen LogP contribution in [0.4, 0.5) is 4.39 Å². The molecule has 0 aromatic heterocycles. The van der Waals surface area contributed by atoms with Gasteiger partial charge in [-0.15, -0.1) is 0 Å². The summed E-state index contributed by atoms with van der Waals surface area (Å²) < 4.78 is 13.0. The van der Waals surface area contributed by atoms with Gasteiger partial charge in [-0.3, -0.25) is 4.90 Å². The van der Waals surface area contributed by atoms with Crippen LogP contribution < -0.4 is 0 Å². The van der Waals surface area contributed by atoms with Gasteiger partial charge in [0.15, 0.2) is 0 Å². The predicted octanol–water partition coefficient (Wildman–Crippen LogP) is 3.37. The number of hydrogen-bond acceptors (Lipinski definition) is 2. The summed E-state index contributed by atoms with van der Waals surface area (Å²) in [6.45, 7) is 0.316. The maximum absolute atomic E-state index is 13.0. The molecule has 0 N–H and O–H groups in total. The van der Waals surface area contributed by atoms with Crippen molar-refractivity contribution in [2.24, 2.45) is 0 Å². The van der Waals surface area contributed by atoms with Crippen LogP contribution in [-0.2, 0) is 0 Å². The van der Waals surface area contributed by atoms with E-state index in [9.17, 15) is 4.39 Å². The minimum Gasteiger partial charge on any atom is -0.282 e. The van der Waals surface area contributed by atoms with Crippen molar-refractivity contribution in [2.45, 2.75) is 6.04 Å². The van der Waals surface area contributed by atoms with Gasteiger partial charge in [-0.05, 0) is 30.3 Å². The Morgan fingerprint density at radius 2 is 1.63 bits per heavy atom. The highest BCUT2D eigenvalue weighted by Gasteiger charge is 2.18. The smallest absolute Gasteiger partial charge is 0.123 e. The first-order valence-corrected chi connectivity index (χ1v) is 6.10. The lowest BCUT2D eigenvalue weighted by Gasteiger charge is -2.26. The quantitative estimate of drug-likeness (QED) is 0.782. The fourth-order valence-electron chi connectivity index (χ4n) is 2.18. The van der Waals surface area contributed by atoms with Crippen LogP contribution in [0, 0.1) is 17.1 Å². The van der Waals surface area contributed by atoms with Crippen molar-refractivity contribution < 1.29 is 4.39 Å². The number of halogens is 1. The topological polar surface area (TPSA) is 27.0 Å². The summed E-state index contributed by atoms with van der Waals surface area (Å²) in [5, 5.41) is 8.87. The van der Waals surface area contributed by atoms with Gasteiger partial charge in [0, 0.05) is 0 Å². The molecule has 0 aliphatic rings. The van der Waals surface area contributed by atoms with E-state index in [4.69, 9.17) is 5.26 Å². The number of rotatable bonds is 4. The lowest BCUT2D eigenvalue weighted by atomic mass is 9.97. The molecule has 0 aliphatic carbocycles. The second kappa shape index (κ2) is 6.12. The molecule has 2 aromatic rings. The van der Waals surface area contributed by atoms with Crippen LogP contribution in [-0.4, -0.2) is 18.5 Å². The summed E-state index contributed by atoms with van der Waals surface area (Å²) >= 11 is 0. The number of nitriles is 1. The van der Waals surface area contributed by atoms with E-state index in [1.54, 1.807) is 12.1 Å². The lowest BCUT2D eigenvalue weighted by Crippen LogP contribution is -2.25. The normalized spacial score (nSPS) is 12.1. The molecule has 0 aliphatic heterocycles. The number of nitrogens with zero attached hydrogens (tertiary/aromatic N) is 2. The average molecular weight is 254 g/mol. The highest BCUT2D eigenvalue weighted by Crippen LogP contribution is 2.27. The van der Waals surface area contributed by atoms with E-state index in [0.29, 0.717) is 6.54 Å². The van der Waals surface area contributed by atoms with Crippen LogP contribution in [0.1, 0.15) is 17.2 Å². The summed E-state index contributed by atoms with van der Waals surface area (Å²) in [7, 11) is 1.89. The van der Waals surface area contributed by atoms with Crippen molar-refractivity contribution >= 4 is 0 Å². The third-order valence-electron chi connectivity index (χ3n) is 3.06. The molecule has 1 unspecified atom stereocenters. The Hall–Kier alpha value is -2.18. The molecular formula is C16H15FN2. The molecule has 0 bridgehead atoms. The Balaban J connectivity index is 2.40. The van der Waals surface area contributed by atoms with Gasteiger partial charge in [-0.2, -0.15) is 5.26 Å². The molecule has 2 nitrogen and oxygen atoms in total. The molecule has 0 spiro atoms. The Kier molecular flexibility index (Phi) is 4.27. The average Bonchev–Trinajstić information content (AvgIpc) is 2.43. The largest absolute Gasteiger partial charge is 0.282 e. The first kappa shape index (κ1) is 13.3. The summed E-state index contributed by atoms with van der Waals surface area (Å²) in [5.41, 5.74) is 2.07. The van der Waals surface area contributed by atoms with Gasteiger partial charge in [0.1, 0.15) is 5.82 Å². The van der Waals surface area contributed by atoms with Crippen molar-refractivity contribution in [1.29, 1.82) is 5.26 Å². The van der Waals surface area contributed by atoms with Crippen molar-refractivity contribution in [3.05, 3.63) is 71.5 Å². The van der Waals surface area contributed by atoms with Gasteiger partial charge in [0.2, 0.25) is 0 Å². The molecule has 19 heavy (non-hydrogen) atoms. The van der Waals surface area contributed by atoms with E-state index in [1.165, 1.54) is 12.1 Å². The van der Waals surface area contributed by atoms with E-state index in [0.717, 1.165) is 11.1 Å². The SMILES string of the molecule is CN(CC#N)C(c1ccccc1)c1ccc(F)cc1. The standard InChI is InChI=1S/C16H15FN2/c1-19(12-11-18)16(13-5-3-2-4-6-13)14-7-9-15(17)10-8-14/h2-10,16H,12H2,1H3. The zero-order valence-electron chi connectivity index (χ0n) is 10.8. The number of hydrogen-bond donors (Lipinski definition) is 0. The highest BCUT2D eigenvalue weighted by atomic mass is 19.1. The third kappa shape index (κ3) is 3.18. The van der Waals surface area contributed by atoms with E-state index in [-0.39, 0.29) is 11.9 Å². The van der Waals surface area contributed by atoms with E-state index >= 15 is 0 Å². The summed E-state index contributed by atoms with van der Waals surface area (Å²) in [6.07, 6.45) is 0. The Bertz CT molecular complexity index is 558. The highest BCUT2D eigenvalue weighted by molar-refractivity contribution is 5.32. The Morgan fingerprint density at radius 3 is 2.21 bits per heavy atom. The summed E-state index contributed by atoms with van der Waals surface area (Å²) in [4.78, 5) is 1.95. The van der Waals surface area contributed by atoms with Gasteiger partial charge >= 0.3 is 0 Å². The van der Waals surface area contributed by atoms with Crippen LogP contribution >= 0.6 is 0 Å². The Morgan fingerprint density at radius 1 is 1.05 bits per heavy atom. The van der Waals surface area contributed by atoms with Crippen molar-refractivity contribution in [2.75, 3.05) is 13.6 Å². The molecule has 2 aromatic carbocycles. The van der Waals surface area contributed by atoms with Crippen LogP contribution in [0.15, 0.2) is 54.6 Å². The van der Waals surface area contributed by atoms with E-state index in [2.05, 4.69) is 6.07 Å². The van der Waals surface area contributed by atoms with E-state index in [1.807, 2.05) is 42.3 Å². The third-order valence-corrected chi connectivity index (χ3v) is 3.06. The Labute approximate surface area is 112 Å². The maximum Gasteiger partial charge on any atom is 0.123 e. The number of benzene rings is 2. The molecule has 0 saturated carbocycles. The molecule has 2 rings (SSSR count). The van der Waals surface area contributed by atoms with Gasteiger partial charge < -0.3 is 0 Å².